The second kappa shape index (κ2) is 6.62. The predicted octanol–water partition coefficient (Wildman–Crippen LogP) is 4.17. The van der Waals surface area contributed by atoms with E-state index in [1.54, 1.807) is 0 Å². The average molecular weight is 275 g/mol. The van der Waals surface area contributed by atoms with Crippen LogP contribution in [0.4, 0.5) is 8.78 Å². The monoisotopic (exact) mass is 275 g/mol. The van der Waals surface area contributed by atoms with Gasteiger partial charge in [-0.1, -0.05) is 24.3 Å². The molecule has 106 valence electrons. The van der Waals surface area contributed by atoms with Gasteiger partial charge in [0.25, 0.3) is 0 Å². The number of hydrogen-bond acceptors (Lipinski definition) is 1. The fourth-order valence-corrected chi connectivity index (χ4v) is 2.37. The summed E-state index contributed by atoms with van der Waals surface area (Å²) in [4.78, 5) is 0. The molecule has 0 aromatic heterocycles. The third-order valence-electron chi connectivity index (χ3n) is 3.44. The lowest BCUT2D eigenvalue weighted by atomic mass is 10.0. The van der Waals surface area contributed by atoms with Crippen LogP contribution in [0.15, 0.2) is 42.5 Å². The molecule has 0 aliphatic carbocycles. The summed E-state index contributed by atoms with van der Waals surface area (Å²) in [6.07, 6.45) is 0.602. The van der Waals surface area contributed by atoms with Crippen LogP contribution in [0.5, 0.6) is 0 Å². The molecule has 0 radical (unpaired) electrons. The van der Waals surface area contributed by atoms with Crippen LogP contribution >= 0.6 is 0 Å². The van der Waals surface area contributed by atoms with Gasteiger partial charge in [0, 0.05) is 12.1 Å². The molecule has 2 aromatic rings. The highest BCUT2D eigenvalue weighted by molar-refractivity contribution is 5.28. The third kappa shape index (κ3) is 3.87. The van der Waals surface area contributed by atoms with E-state index in [-0.39, 0.29) is 6.04 Å². The van der Waals surface area contributed by atoms with Crippen molar-refractivity contribution in [3.63, 3.8) is 0 Å². The first-order valence-electron chi connectivity index (χ1n) is 6.80. The van der Waals surface area contributed by atoms with E-state index < -0.39 is 11.6 Å². The van der Waals surface area contributed by atoms with Crippen LogP contribution < -0.4 is 5.32 Å². The van der Waals surface area contributed by atoms with Gasteiger partial charge in [0.05, 0.1) is 0 Å². The number of halogens is 2. The van der Waals surface area contributed by atoms with Gasteiger partial charge in [0.15, 0.2) is 0 Å². The SMILES string of the molecule is Cc1ccccc1C(C)NCCc1cc(F)cc(F)c1. The van der Waals surface area contributed by atoms with Crippen LogP contribution in [0, 0.1) is 18.6 Å². The van der Waals surface area contributed by atoms with E-state index in [0.29, 0.717) is 18.5 Å². The zero-order chi connectivity index (χ0) is 14.5. The van der Waals surface area contributed by atoms with Crippen LogP contribution in [0.1, 0.15) is 29.7 Å². The largest absolute Gasteiger partial charge is 0.310 e. The molecular formula is C17H19F2N. The Morgan fingerprint density at radius 3 is 2.35 bits per heavy atom. The zero-order valence-electron chi connectivity index (χ0n) is 11.8. The van der Waals surface area contributed by atoms with Crippen molar-refractivity contribution in [3.8, 4) is 0 Å². The standard InChI is InChI=1S/C17H19F2N/c1-12-5-3-4-6-17(12)13(2)20-8-7-14-9-15(18)11-16(19)10-14/h3-6,9-11,13,20H,7-8H2,1-2H3. The van der Waals surface area contributed by atoms with Crippen LogP contribution in [0.2, 0.25) is 0 Å². The Morgan fingerprint density at radius 2 is 1.70 bits per heavy atom. The smallest absolute Gasteiger partial charge is 0.126 e. The molecule has 1 N–H and O–H groups in total. The van der Waals surface area contributed by atoms with E-state index in [4.69, 9.17) is 0 Å². The van der Waals surface area contributed by atoms with Gasteiger partial charge in [0.2, 0.25) is 0 Å². The maximum Gasteiger partial charge on any atom is 0.126 e. The molecule has 0 saturated carbocycles. The first-order chi connectivity index (χ1) is 9.56. The normalized spacial score (nSPS) is 12.4. The first kappa shape index (κ1) is 14.7. The van der Waals surface area contributed by atoms with E-state index in [0.717, 1.165) is 6.07 Å². The van der Waals surface area contributed by atoms with Crippen LogP contribution in [-0.4, -0.2) is 6.54 Å². The maximum absolute atomic E-state index is 13.1. The Hall–Kier alpha value is -1.74. The topological polar surface area (TPSA) is 12.0 Å². The summed E-state index contributed by atoms with van der Waals surface area (Å²) in [5, 5.41) is 3.38. The summed E-state index contributed by atoms with van der Waals surface area (Å²) in [7, 11) is 0. The first-order valence-corrected chi connectivity index (χ1v) is 6.80. The number of benzene rings is 2. The lowest BCUT2D eigenvalue weighted by Gasteiger charge is -2.16. The van der Waals surface area contributed by atoms with E-state index in [9.17, 15) is 8.78 Å². The molecular weight excluding hydrogens is 256 g/mol. The van der Waals surface area contributed by atoms with Crippen molar-refractivity contribution >= 4 is 0 Å². The Morgan fingerprint density at radius 1 is 1.05 bits per heavy atom. The summed E-state index contributed by atoms with van der Waals surface area (Å²) in [6.45, 7) is 4.85. The Labute approximate surface area is 118 Å². The van der Waals surface area contributed by atoms with Gasteiger partial charge < -0.3 is 5.32 Å². The molecule has 0 bridgehead atoms. The molecule has 0 spiro atoms. The fourth-order valence-electron chi connectivity index (χ4n) is 2.37. The minimum absolute atomic E-state index is 0.217. The number of nitrogens with one attached hydrogen (secondary N) is 1. The molecule has 3 heteroatoms. The summed E-state index contributed by atoms with van der Waals surface area (Å²) >= 11 is 0. The number of hydrogen-bond donors (Lipinski definition) is 1. The van der Waals surface area contributed by atoms with Gasteiger partial charge in [0.1, 0.15) is 11.6 Å². The van der Waals surface area contributed by atoms with Gasteiger partial charge in [-0.3, -0.25) is 0 Å². The number of rotatable bonds is 5. The minimum Gasteiger partial charge on any atom is -0.310 e. The quantitative estimate of drug-likeness (QED) is 0.863. The second-order valence-corrected chi connectivity index (χ2v) is 5.06. The molecule has 0 saturated heterocycles. The minimum atomic E-state index is -0.521. The highest BCUT2D eigenvalue weighted by Gasteiger charge is 2.07. The van der Waals surface area contributed by atoms with Crippen LogP contribution in [-0.2, 0) is 6.42 Å². The molecule has 0 heterocycles. The van der Waals surface area contributed by atoms with Crippen molar-refractivity contribution in [2.45, 2.75) is 26.3 Å². The van der Waals surface area contributed by atoms with Crippen molar-refractivity contribution in [1.82, 2.24) is 5.32 Å². The van der Waals surface area contributed by atoms with Gasteiger partial charge >= 0.3 is 0 Å². The molecule has 0 aliphatic heterocycles. The van der Waals surface area contributed by atoms with E-state index in [1.807, 2.05) is 12.1 Å². The molecule has 20 heavy (non-hydrogen) atoms. The summed E-state index contributed by atoms with van der Waals surface area (Å²) < 4.78 is 26.1. The van der Waals surface area contributed by atoms with E-state index in [1.165, 1.54) is 23.3 Å². The molecule has 2 aromatic carbocycles. The van der Waals surface area contributed by atoms with Crippen molar-refractivity contribution in [2.75, 3.05) is 6.54 Å². The van der Waals surface area contributed by atoms with E-state index >= 15 is 0 Å². The summed E-state index contributed by atoms with van der Waals surface area (Å²) in [5.74, 6) is -1.04. The molecule has 1 atom stereocenters. The Bertz CT molecular complexity index is 561. The Balaban J connectivity index is 1.91. The van der Waals surface area contributed by atoms with E-state index in [2.05, 4.69) is 31.3 Å². The molecule has 2 rings (SSSR count). The van der Waals surface area contributed by atoms with Gasteiger partial charge in [-0.2, -0.15) is 0 Å². The predicted molar refractivity (Wildman–Crippen MR) is 77.7 cm³/mol. The third-order valence-corrected chi connectivity index (χ3v) is 3.44. The van der Waals surface area contributed by atoms with Gasteiger partial charge in [-0.05, 0) is 55.6 Å². The molecule has 1 unspecified atom stereocenters. The van der Waals surface area contributed by atoms with Gasteiger partial charge in [-0.15, -0.1) is 0 Å². The van der Waals surface area contributed by atoms with Gasteiger partial charge in [-0.25, -0.2) is 8.78 Å². The average Bonchev–Trinajstić information content (AvgIpc) is 2.38. The van der Waals surface area contributed by atoms with Crippen molar-refractivity contribution in [1.29, 1.82) is 0 Å². The van der Waals surface area contributed by atoms with Crippen molar-refractivity contribution in [2.24, 2.45) is 0 Å². The molecule has 0 amide bonds. The molecule has 1 nitrogen and oxygen atoms in total. The van der Waals surface area contributed by atoms with Crippen molar-refractivity contribution in [3.05, 3.63) is 70.8 Å². The maximum atomic E-state index is 13.1. The second-order valence-electron chi connectivity index (χ2n) is 5.06. The molecule has 0 aliphatic rings. The summed E-state index contributed by atoms with van der Waals surface area (Å²) in [5.41, 5.74) is 3.16. The summed E-state index contributed by atoms with van der Waals surface area (Å²) in [6, 6.07) is 12.1. The highest BCUT2D eigenvalue weighted by atomic mass is 19.1. The van der Waals surface area contributed by atoms with Crippen molar-refractivity contribution < 1.29 is 8.78 Å². The van der Waals surface area contributed by atoms with Crippen LogP contribution in [0.25, 0.3) is 0 Å². The number of aryl methyl sites for hydroxylation is 1. The highest BCUT2D eigenvalue weighted by Crippen LogP contribution is 2.16. The van der Waals surface area contributed by atoms with Crippen LogP contribution in [0.3, 0.4) is 0 Å². The fraction of sp³-hybridized carbons (Fsp3) is 0.294. The Kier molecular flexibility index (Phi) is 4.85. The lowest BCUT2D eigenvalue weighted by molar-refractivity contribution is 0.562. The lowest BCUT2D eigenvalue weighted by Crippen LogP contribution is -2.22. The molecule has 0 fully saturated rings. The zero-order valence-corrected chi connectivity index (χ0v) is 11.8.